The number of likely N-dealkylation sites (tertiary alicyclic amines) is 1. The molecule has 3 aromatic rings. The molecule has 2 aromatic heterocycles. The summed E-state index contributed by atoms with van der Waals surface area (Å²) in [6.07, 6.45) is 3.89. The second-order valence-electron chi connectivity index (χ2n) is 8.79. The molecule has 1 fully saturated rings. The maximum Gasteiger partial charge on any atom is 0.222 e. The minimum atomic E-state index is 0.157. The number of benzene rings is 1. The normalized spacial score (nSPS) is 15.2. The van der Waals surface area contributed by atoms with Crippen LogP contribution in [-0.4, -0.2) is 84.1 Å². The van der Waals surface area contributed by atoms with Crippen molar-refractivity contribution >= 4 is 22.8 Å². The van der Waals surface area contributed by atoms with Crippen LogP contribution in [0.5, 0.6) is 11.5 Å². The van der Waals surface area contributed by atoms with E-state index in [0.717, 1.165) is 42.8 Å². The number of nitrogens with zero attached hydrogens (tertiary/aromatic N) is 4. The van der Waals surface area contributed by atoms with Gasteiger partial charge in [-0.3, -0.25) is 4.79 Å². The first kappa shape index (κ1) is 24.4. The predicted octanol–water partition coefficient (Wildman–Crippen LogP) is 2.75. The Morgan fingerprint density at radius 3 is 2.91 bits per heavy atom. The highest BCUT2D eigenvalue weighted by Gasteiger charge is 2.26. The zero-order chi connectivity index (χ0) is 24.6. The quantitative estimate of drug-likeness (QED) is 0.459. The molecular weight excluding hydrogens is 444 g/mol. The van der Waals surface area contributed by atoms with Crippen molar-refractivity contribution in [3.8, 4) is 23.3 Å². The molecule has 1 aromatic carbocycles. The number of H-pyrrole nitrogens is 1. The SMILES string of the molecule is COc1ccccc1OCC#Cc1cc2c(N[C@@H]3CCN(C(=O)CCCN(C)C)C3)ncnc2[nH]1. The lowest BCUT2D eigenvalue weighted by atomic mass is 10.2. The van der Waals surface area contributed by atoms with Crippen molar-refractivity contribution in [2.75, 3.05) is 52.8 Å². The molecule has 184 valence electrons. The summed E-state index contributed by atoms with van der Waals surface area (Å²) in [6, 6.07) is 9.57. The first-order chi connectivity index (χ1) is 17.0. The summed E-state index contributed by atoms with van der Waals surface area (Å²) >= 11 is 0. The summed E-state index contributed by atoms with van der Waals surface area (Å²) in [6.45, 7) is 2.60. The summed E-state index contributed by atoms with van der Waals surface area (Å²) in [5.41, 5.74) is 1.45. The van der Waals surface area contributed by atoms with Crippen LogP contribution >= 0.6 is 0 Å². The molecule has 0 spiro atoms. The van der Waals surface area contributed by atoms with E-state index in [2.05, 4.69) is 37.0 Å². The van der Waals surface area contributed by atoms with Gasteiger partial charge in [0.25, 0.3) is 0 Å². The number of nitrogens with one attached hydrogen (secondary N) is 2. The highest BCUT2D eigenvalue weighted by atomic mass is 16.5. The number of anilines is 1. The van der Waals surface area contributed by atoms with Gasteiger partial charge in [0.05, 0.1) is 18.2 Å². The van der Waals surface area contributed by atoms with Crippen molar-refractivity contribution in [3.05, 3.63) is 42.4 Å². The van der Waals surface area contributed by atoms with E-state index in [4.69, 9.17) is 9.47 Å². The standard InChI is InChI=1S/C26H32N6O3/c1-31(2)13-6-11-24(33)32-14-12-20(17-32)30-26-21-16-19(29-25(21)27-18-28-26)8-7-15-35-23-10-5-4-9-22(23)34-3/h4-5,9-10,16,18,20H,6,11-15,17H2,1-3H3,(H2,27,28,29,30)/t20-/m1/s1. The number of fused-ring (bicyclic) bond motifs is 1. The molecule has 35 heavy (non-hydrogen) atoms. The molecule has 1 saturated heterocycles. The third kappa shape index (κ3) is 6.43. The molecule has 9 nitrogen and oxygen atoms in total. The maximum atomic E-state index is 12.5. The molecule has 0 saturated carbocycles. The molecule has 4 rings (SSSR count). The van der Waals surface area contributed by atoms with Crippen molar-refractivity contribution in [1.29, 1.82) is 0 Å². The first-order valence-corrected chi connectivity index (χ1v) is 11.8. The number of para-hydroxylation sites is 2. The van der Waals surface area contributed by atoms with E-state index in [1.54, 1.807) is 7.11 Å². The zero-order valence-electron chi connectivity index (χ0n) is 20.5. The largest absolute Gasteiger partial charge is 0.493 e. The van der Waals surface area contributed by atoms with Gasteiger partial charge in [-0.15, -0.1) is 0 Å². The lowest BCUT2D eigenvalue weighted by Crippen LogP contribution is -2.32. The number of amides is 1. The number of carbonyl (C=O) groups is 1. The van der Waals surface area contributed by atoms with E-state index in [1.807, 2.05) is 49.3 Å². The Labute approximate surface area is 205 Å². The fourth-order valence-corrected chi connectivity index (χ4v) is 4.11. The lowest BCUT2D eigenvalue weighted by molar-refractivity contribution is -0.130. The van der Waals surface area contributed by atoms with E-state index < -0.39 is 0 Å². The van der Waals surface area contributed by atoms with Crippen LogP contribution in [0.4, 0.5) is 5.82 Å². The molecule has 0 bridgehead atoms. The van der Waals surface area contributed by atoms with Gasteiger partial charge in [-0.05, 0) is 57.6 Å². The van der Waals surface area contributed by atoms with Gasteiger partial charge in [0.2, 0.25) is 5.91 Å². The number of methoxy groups -OCH3 is 1. The number of carbonyl (C=O) groups excluding carboxylic acids is 1. The van der Waals surface area contributed by atoms with Crippen molar-refractivity contribution < 1.29 is 14.3 Å². The summed E-state index contributed by atoms with van der Waals surface area (Å²) in [5, 5.41) is 4.37. The van der Waals surface area contributed by atoms with Gasteiger partial charge < -0.3 is 29.6 Å². The molecule has 0 unspecified atom stereocenters. The summed E-state index contributed by atoms with van der Waals surface area (Å²) in [5.74, 6) is 8.40. The summed E-state index contributed by atoms with van der Waals surface area (Å²) in [7, 11) is 5.66. The van der Waals surface area contributed by atoms with Crippen LogP contribution in [-0.2, 0) is 4.79 Å². The number of rotatable bonds is 9. The monoisotopic (exact) mass is 476 g/mol. The highest BCUT2D eigenvalue weighted by molar-refractivity contribution is 5.88. The number of aromatic amines is 1. The Hall–Kier alpha value is -3.77. The molecule has 1 atom stereocenters. The molecular formula is C26H32N6O3. The van der Waals surface area contributed by atoms with Crippen LogP contribution in [0.3, 0.4) is 0 Å². The van der Waals surface area contributed by atoms with E-state index in [0.29, 0.717) is 30.1 Å². The van der Waals surface area contributed by atoms with Crippen LogP contribution in [0.15, 0.2) is 36.7 Å². The van der Waals surface area contributed by atoms with Gasteiger partial charge in [0.15, 0.2) is 11.5 Å². The minimum absolute atomic E-state index is 0.157. The maximum absolute atomic E-state index is 12.5. The first-order valence-electron chi connectivity index (χ1n) is 11.8. The van der Waals surface area contributed by atoms with Crippen LogP contribution in [0, 0.1) is 11.8 Å². The average Bonchev–Trinajstić information content (AvgIpc) is 3.49. The van der Waals surface area contributed by atoms with Crippen molar-refractivity contribution in [1.82, 2.24) is 24.8 Å². The Kier molecular flexibility index (Phi) is 8.06. The third-order valence-corrected chi connectivity index (χ3v) is 5.90. The second kappa shape index (κ2) is 11.6. The zero-order valence-corrected chi connectivity index (χ0v) is 20.5. The van der Waals surface area contributed by atoms with Gasteiger partial charge in [-0.2, -0.15) is 0 Å². The van der Waals surface area contributed by atoms with Crippen molar-refractivity contribution in [2.24, 2.45) is 0 Å². The van der Waals surface area contributed by atoms with Gasteiger partial charge >= 0.3 is 0 Å². The number of aromatic nitrogens is 3. The molecule has 2 N–H and O–H groups in total. The van der Waals surface area contributed by atoms with E-state index in [-0.39, 0.29) is 18.6 Å². The lowest BCUT2D eigenvalue weighted by Gasteiger charge is -2.18. The van der Waals surface area contributed by atoms with Crippen LogP contribution in [0.1, 0.15) is 25.0 Å². The van der Waals surface area contributed by atoms with Gasteiger partial charge in [-0.1, -0.05) is 18.1 Å². The van der Waals surface area contributed by atoms with Crippen molar-refractivity contribution in [3.63, 3.8) is 0 Å². The fraction of sp³-hybridized carbons (Fsp3) is 0.423. The molecule has 3 heterocycles. The number of hydrogen-bond donors (Lipinski definition) is 2. The molecule has 1 amide bonds. The molecule has 1 aliphatic heterocycles. The van der Waals surface area contributed by atoms with Gasteiger partial charge in [0, 0.05) is 25.6 Å². The predicted molar refractivity (Wildman–Crippen MR) is 136 cm³/mol. The van der Waals surface area contributed by atoms with Gasteiger partial charge in [0.1, 0.15) is 24.4 Å². The molecule has 9 heteroatoms. The van der Waals surface area contributed by atoms with E-state index >= 15 is 0 Å². The number of ether oxygens (including phenoxy) is 2. The Bertz CT molecular complexity index is 1210. The summed E-state index contributed by atoms with van der Waals surface area (Å²) in [4.78, 5) is 28.6. The minimum Gasteiger partial charge on any atom is -0.493 e. The topological polar surface area (TPSA) is 95.6 Å². The Morgan fingerprint density at radius 1 is 1.29 bits per heavy atom. The summed E-state index contributed by atoms with van der Waals surface area (Å²) < 4.78 is 11.0. The Balaban J connectivity index is 1.35. The highest BCUT2D eigenvalue weighted by Crippen LogP contribution is 2.26. The van der Waals surface area contributed by atoms with E-state index in [9.17, 15) is 4.79 Å². The van der Waals surface area contributed by atoms with Crippen LogP contribution in [0.2, 0.25) is 0 Å². The smallest absolute Gasteiger partial charge is 0.222 e. The van der Waals surface area contributed by atoms with Gasteiger partial charge in [-0.25, -0.2) is 9.97 Å². The van der Waals surface area contributed by atoms with Crippen LogP contribution < -0.4 is 14.8 Å². The molecule has 0 aliphatic carbocycles. The third-order valence-electron chi connectivity index (χ3n) is 5.90. The Morgan fingerprint density at radius 2 is 2.11 bits per heavy atom. The van der Waals surface area contributed by atoms with Crippen LogP contribution in [0.25, 0.3) is 11.0 Å². The van der Waals surface area contributed by atoms with Crippen molar-refractivity contribution in [2.45, 2.75) is 25.3 Å². The number of hydrogen-bond acceptors (Lipinski definition) is 7. The molecule has 1 aliphatic rings. The second-order valence-corrected chi connectivity index (χ2v) is 8.79. The molecule has 0 radical (unpaired) electrons. The average molecular weight is 477 g/mol. The fourth-order valence-electron chi connectivity index (χ4n) is 4.11. The van der Waals surface area contributed by atoms with E-state index in [1.165, 1.54) is 6.33 Å².